The first-order valence-corrected chi connectivity index (χ1v) is 9.80. The van der Waals surface area contributed by atoms with Crippen LogP contribution in [0.1, 0.15) is 33.2 Å². The highest BCUT2D eigenvalue weighted by Crippen LogP contribution is 2.19. The number of esters is 1. The van der Waals surface area contributed by atoms with E-state index in [9.17, 15) is 9.59 Å². The van der Waals surface area contributed by atoms with E-state index in [2.05, 4.69) is 15.8 Å². The molecular formula is C21H22N2O4S. The molecule has 1 heterocycles. The molecule has 7 heteroatoms. The van der Waals surface area contributed by atoms with Crippen LogP contribution in [-0.2, 0) is 16.0 Å². The molecule has 146 valence electrons. The minimum atomic E-state index is -0.440. The third-order valence-electron chi connectivity index (χ3n) is 4.25. The summed E-state index contributed by atoms with van der Waals surface area (Å²) in [7, 11) is 1.32. The molecule has 3 aromatic rings. The number of fused-ring (bicyclic) bond motifs is 1. The van der Waals surface area contributed by atoms with Gasteiger partial charge in [-0.3, -0.25) is 4.79 Å². The lowest BCUT2D eigenvalue weighted by molar-refractivity contribution is 0.0600. The number of aromatic nitrogens is 1. The van der Waals surface area contributed by atoms with Gasteiger partial charge in [0.25, 0.3) is 5.91 Å². The number of aryl methyl sites for hydroxylation is 1. The lowest BCUT2D eigenvalue weighted by Gasteiger charge is -2.05. The lowest BCUT2D eigenvalue weighted by atomic mass is 10.1. The van der Waals surface area contributed by atoms with E-state index < -0.39 is 5.97 Å². The SMILES string of the molecule is CCOCCn1c(=NC(=O)c2ccc(C(=O)OC)cc2)sc2cc(C)ccc21. The molecule has 0 aliphatic rings. The highest BCUT2D eigenvalue weighted by Gasteiger charge is 2.11. The van der Waals surface area contributed by atoms with Crippen molar-refractivity contribution in [2.45, 2.75) is 20.4 Å². The van der Waals surface area contributed by atoms with Gasteiger partial charge >= 0.3 is 5.97 Å². The van der Waals surface area contributed by atoms with Gasteiger partial charge in [-0.15, -0.1) is 0 Å². The van der Waals surface area contributed by atoms with Crippen molar-refractivity contribution >= 4 is 33.4 Å². The maximum atomic E-state index is 12.7. The van der Waals surface area contributed by atoms with E-state index in [4.69, 9.17) is 4.74 Å². The summed E-state index contributed by atoms with van der Waals surface area (Å²) in [6.45, 7) is 5.79. The Bertz CT molecular complexity index is 1060. The number of hydrogen-bond donors (Lipinski definition) is 0. The molecule has 0 atom stereocenters. The summed E-state index contributed by atoms with van der Waals surface area (Å²) in [6.07, 6.45) is 0. The maximum Gasteiger partial charge on any atom is 0.337 e. The molecule has 0 N–H and O–H groups in total. The van der Waals surface area contributed by atoms with Crippen molar-refractivity contribution in [1.82, 2.24) is 4.57 Å². The molecule has 0 bridgehead atoms. The van der Waals surface area contributed by atoms with Gasteiger partial charge in [-0.2, -0.15) is 4.99 Å². The fraction of sp³-hybridized carbons (Fsp3) is 0.286. The molecule has 1 aromatic heterocycles. The van der Waals surface area contributed by atoms with Crippen molar-refractivity contribution in [3.05, 3.63) is 64.0 Å². The molecule has 2 aromatic carbocycles. The summed E-state index contributed by atoms with van der Waals surface area (Å²) < 4.78 is 13.2. The molecule has 0 spiro atoms. The van der Waals surface area contributed by atoms with Crippen molar-refractivity contribution in [3.63, 3.8) is 0 Å². The summed E-state index contributed by atoms with van der Waals surface area (Å²) in [5, 5.41) is 0. The molecule has 3 rings (SSSR count). The first-order valence-electron chi connectivity index (χ1n) is 8.98. The number of nitrogens with zero attached hydrogens (tertiary/aromatic N) is 2. The van der Waals surface area contributed by atoms with Crippen LogP contribution in [0.15, 0.2) is 47.5 Å². The highest BCUT2D eigenvalue weighted by molar-refractivity contribution is 7.16. The van der Waals surface area contributed by atoms with E-state index in [-0.39, 0.29) is 5.91 Å². The Kier molecular flexibility index (Phi) is 6.38. The van der Waals surface area contributed by atoms with E-state index in [1.54, 1.807) is 24.3 Å². The summed E-state index contributed by atoms with van der Waals surface area (Å²) in [5.74, 6) is -0.797. The monoisotopic (exact) mass is 398 g/mol. The predicted molar refractivity (Wildman–Crippen MR) is 109 cm³/mol. The Hall–Kier alpha value is -2.77. The van der Waals surface area contributed by atoms with Crippen LogP contribution in [0.3, 0.4) is 0 Å². The number of carbonyl (C=O) groups is 2. The van der Waals surface area contributed by atoms with Crippen LogP contribution in [0.5, 0.6) is 0 Å². The van der Waals surface area contributed by atoms with Gasteiger partial charge < -0.3 is 14.0 Å². The van der Waals surface area contributed by atoms with Crippen LogP contribution in [0.2, 0.25) is 0 Å². The lowest BCUT2D eigenvalue weighted by Crippen LogP contribution is -2.19. The first-order chi connectivity index (χ1) is 13.5. The number of carbonyl (C=O) groups excluding carboxylic acids is 2. The number of methoxy groups -OCH3 is 1. The largest absolute Gasteiger partial charge is 0.465 e. The van der Waals surface area contributed by atoms with Crippen molar-refractivity contribution < 1.29 is 19.1 Å². The standard InChI is InChI=1S/C21H22N2O4S/c1-4-27-12-11-23-17-10-5-14(2)13-18(17)28-21(23)22-19(24)15-6-8-16(9-7-15)20(25)26-3/h5-10,13H,4,11-12H2,1-3H3. The van der Waals surface area contributed by atoms with Crippen molar-refractivity contribution in [1.29, 1.82) is 0 Å². The Balaban J connectivity index is 1.98. The fourth-order valence-corrected chi connectivity index (χ4v) is 3.95. The molecule has 0 unspecified atom stereocenters. The molecule has 0 radical (unpaired) electrons. The van der Waals surface area contributed by atoms with Gasteiger partial charge in [-0.1, -0.05) is 17.4 Å². The van der Waals surface area contributed by atoms with Crippen LogP contribution in [0.25, 0.3) is 10.2 Å². The average Bonchev–Trinajstić information content (AvgIpc) is 3.03. The van der Waals surface area contributed by atoms with E-state index >= 15 is 0 Å². The molecule has 0 saturated heterocycles. The van der Waals surface area contributed by atoms with Crippen LogP contribution in [0.4, 0.5) is 0 Å². The van der Waals surface area contributed by atoms with E-state index in [0.717, 1.165) is 15.8 Å². The second-order valence-corrected chi connectivity index (χ2v) is 7.20. The zero-order valence-corrected chi connectivity index (χ0v) is 16.9. The highest BCUT2D eigenvalue weighted by atomic mass is 32.1. The van der Waals surface area contributed by atoms with Crippen LogP contribution < -0.4 is 4.80 Å². The number of hydrogen-bond acceptors (Lipinski definition) is 5. The zero-order valence-electron chi connectivity index (χ0n) is 16.1. The van der Waals surface area contributed by atoms with E-state index in [1.807, 2.05) is 30.5 Å². The molecule has 1 amide bonds. The Morgan fingerprint density at radius 2 is 1.82 bits per heavy atom. The number of ether oxygens (including phenoxy) is 2. The van der Waals surface area contributed by atoms with E-state index in [1.165, 1.54) is 18.4 Å². The number of benzene rings is 2. The van der Waals surface area contributed by atoms with Gasteiger partial charge in [0.2, 0.25) is 0 Å². The van der Waals surface area contributed by atoms with Crippen molar-refractivity contribution in [2.75, 3.05) is 20.3 Å². The Morgan fingerprint density at radius 3 is 2.50 bits per heavy atom. The van der Waals surface area contributed by atoms with Crippen LogP contribution in [-0.4, -0.2) is 36.8 Å². The molecule has 0 saturated carbocycles. The first kappa shape index (κ1) is 20.0. The van der Waals surface area contributed by atoms with Crippen LogP contribution in [0, 0.1) is 6.92 Å². The van der Waals surface area contributed by atoms with Gasteiger partial charge in [0, 0.05) is 18.7 Å². The topological polar surface area (TPSA) is 69.9 Å². The van der Waals surface area contributed by atoms with Gasteiger partial charge in [-0.05, 0) is 55.8 Å². The Labute approximate surface area is 167 Å². The minimum absolute atomic E-state index is 0.357. The van der Waals surface area contributed by atoms with Gasteiger partial charge in [0.1, 0.15) is 0 Å². The van der Waals surface area contributed by atoms with Crippen LogP contribution >= 0.6 is 11.3 Å². The molecule has 0 fully saturated rings. The quantitative estimate of drug-likeness (QED) is 0.470. The normalized spacial score (nSPS) is 11.8. The molecular weight excluding hydrogens is 376 g/mol. The molecule has 28 heavy (non-hydrogen) atoms. The van der Waals surface area contributed by atoms with Gasteiger partial charge in [-0.25, -0.2) is 4.79 Å². The number of amides is 1. The second-order valence-electron chi connectivity index (χ2n) is 6.19. The number of thiazole rings is 1. The summed E-state index contributed by atoms with van der Waals surface area (Å²) in [4.78, 5) is 29.2. The zero-order chi connectivity index (χ0) is 20.1. The summed E-state index contributed by atoms with van der Waals surface area (Å²) >= 11 is 1.48. The second kappa shape index (κ2) is 8.95. The minimum Gasteiger partial charge on any atom is -0.465 e. The van der Waals surface area contributed by atoms with Gasteiger partial charge in [0.15, 0.2) is 4.80 Å². The molecule has 6 nitrogen and oxygen atoms in total. The van der Waals surface area contributed by atoms with E-state index in [0.29, 0.717) is 35.7 Å². The third-order valence-corrected chi connectivity index (χ3v) is 5.29. The van der Waals surface area contributed by atoms with Gasteiger partial charge in [0.05, 0.1) is 29.5 Å². The molecule has 0 aliphatic heterocycles. The predicted octanol–water partition coefficient (Wildman–Crippen LogP) is 3.58. The number of rotatable bonds is 6. The fourth-order valence-electron chi connectivity index (χ4n) is 2.80. The average molecular weight is 398 g/mol. The smallest absolute Gasteiger partial charge is 0.337 e. The Morgan fingerprint density at radius 1 is 1.11 bits per heavy atom. The molecule has 0 aliphatic carbocycles. The summed E-state index contributed by atoms with van der Waals surface area (Å²) in [5.41, 5.74) is 2.99. The maximum absolute atomic E-state index is 12.7. The van der Waals surface area contributed by atoms with Crippen molar-refractivity contribution in [3.8, 4) is 0 Å². The summed E-state index contributed by atoms with van der Waals surface area (Å²) in [6, 6.07) is 12.5. The third kappa shape index (κ3) is 4.37. The van der Waals surface area contributed by atoms with Crippen molar-refractivity contribution in [2.24, 2.45) is 4.99 Å².